The lowest BCUT2D eigenvalue weighted by Gasteiger charge is -2.17. The minimum atomic E-state index is -3.57. The van der Waals surface area contributed by atoms with Gasteiger partial charge in [-0.25, -0.2) is 13.1 Å². The minimum Gasteiger partial charge on any atom is -0.345 e. The standard InChI is InChI=1S/C14H18N4O3S/c1-15-22(20,21)12-8-13(17(2)10-12)14(19)18(3)9-11-4-6-16-7-5-11/h4-8,10,15H,9H2,1-3H3. The summed E-state index contributed by atoms with van der Waals surface area (Å²) in [5, 5.41) is 0. The Morgan fingerprint density at radius 1 is 1.36 bits per heavy atom. The van der Waals surface area contributed by atoms with Crippen LogP contribution < -0.4 is 4.72 Å². The highest BCUT2D eigenvalue weighted by molar-refractivity contribution is 7.89. The molecule has 0 aliphatic carbocycles. The summed E-state index contributed by atoms with van der Waals surface area (Å²) in [6, 6.07) is 5.02. The zero-order chi connectivity index (χ0) is 16.3. The number of aromatic nitrogens is 2. The minimum absolute atomic E-state index is 0.0677. The van der Waals surface area contributed by atoms with Gasteiger partial charge >= 0.3 is 0 Å². The second kappa shape index (κ2) is 6.29. The molecule has 1 N–H and O–H groups in total. The van der Waals surface area contributed by atoms with Crippen LogP contribution >= 0.6 is 0 Å². The quantitative estimate of drug-likeness (QED) is 0.874. The van der Waals surface area contributed by atoms with E-state index in [4.69, 9.17) is 0 Å². The summed E-state index contributed by atoms with van der Waals surface area (Å²) in [7, 11) is 1.07. The van der Waals surface area contributed by atoms with Crippen molar-refractivity contribution in [3.05, 3.63) is 48.0 Å². The van der Waals surface area contributed by atoms with Crippen LogP contribution in [0.2, 0.25) is 0 Å². The van der Waals surface area contributed by atoms with E-state index in [9.17, 15) is 13.2 Å². The van der Waals surface area contributed by atoms with Gasteiger partial charge in [0.2, 0.25) is 10.0 Å². The molecule has 0 atom stereocenters. The van der Waals surface area contributed by atoms with Gasteiger partial charge in [0, 0.05) is 39.2 Å². The fourth-order valence-corrected chi connectivity index (χ4v) is 2.84. The number of hydrogen-bond acceptors (Lipinski definition) is 4. The van der Waals surface area contributed by atoms with Gasteiger partial charge in [-0.05, 0) is 30.8 Å². The third-order valence-corrected chi connectivity index (χ3v) is 4.68. The molecule has 2 aromatic rings. The maximum Gasteiger partial charge on any atom is 0.270 e. The van der Waals surface area contributed by atoms with E-state index in [1.807, 2.05) is 12.1 Å². The molecule has 0 saturated carbocycles. The Labute approximate surface area is 129 Å². The van der Waals surface area contributed by atoms with Gasteiger partial charge < -0.3 is 9.47 Å². The summed E-state index contributed by atoms with van der Waals surface area (Å²) < 4.78 is 27.3. The first-order valence-corrected chi connectivity index (χ1v) is 8.07. The van der Waals surface area contributed by atoms with Crippen LogP contribution in [0.25, 0.3) is 0 Å². The van der Waals surface area contributed by atoms with Crippen LogP contribution in [0, 0.1) is 0 Å². The molecule has 7 nitrogen and oxygen atoms in total. The van der Waals surface area contributed by atoms with E-state index in [0.717, 1.165) is 5.56 Å². The molecule has 0 bridgehead atoms. The maximum atomic E-state index is 12.5. The van der Waals surface area contributed by atoms with E-state index >= 15 is 0 Å². The number of nitrogens with zero attached hydrogens (tertiary/aromatic N) is 3. The smallest absolute Gasteiger partial charge is 0.270 e. The van der Waals surface area contributed by atoms with Crippen molar-refractivity contribution in [2.75, 3.05) is 14.1 Å². The van der Waals surface area contributed by atoms with Crippen molar-refractivity contribution in [2.45, 2.75) is 11.4 Å². The number of rotatable bonds is 5. The first-order chi connectivity index (χ1) is 10.3. The lowest BCUT2D eigenvalue weighted by molar-refractivity contribution is 0.0775. The van der Waals surface area contributed by atoms with Gasteiger partial charge in [0.1, 0.15) is 10.6 Å². The largest absolute Gasteiger partial charge is 0.345 e. The number of aryl methyl sites for hydroxylation is 1. The highest BCUT2D eigenvalue weighted by Gasteiger charge is 2.21. The average molecular weight is 322 g/mol. The Hall–Kier alpha value is -2.19. The Morgan fingerprint density at radius 3 is 2.59 bits per heavy atom. The summed E-state index contributed by atoms with van der Waals surface area (Å²) in [4.78, 5) is 18.0. The summed E-state index contributed by atoms with van der Waals surface area (Å²) in [5.74, 6) is -0.253. The lowest BCUT2D eigenvalue weighted by atomic mass is 10.2. The van der Waals surface area contributed by atoms with Crippen molar-refractivity contribution in [3.63, 3.8) is 0 Å². The van der Waals surface area contributed by atoms with Gasteiger partial charge in [0.05, 0.1) is 0 Å². The number of pyridine rings is 1. The van der Waals surface area contributed by atoms with Crippen molar-refractivity contribution >= 4 is 15.9 Å². The van der Waals surface area contributed by atoms with Crippen molar-refractivity contribution in [3.8, 4) is 0 Å². The van der Waals surface area contributed by atoms with Crippen LogP contribution in [-0.2, 0) is 23.6 Å². The molecule has 118 valence electrons. The fraction of sp³-hybridized carbons (Fsp3) is 0.286. The second-order valence-corrected chi connectivity index (χ2v) is 6.78. The molecule has 0 spiro atoms. The summed E-state index contributed by atoms with van der Waals surface area (Å²) >= 11 is 0. The highest BCUT2D eigenvalue weighted by atomic mass is 32.2. The number of nitrogens with one attached hydrogen (secondary N) is 1. The van der Waals surface area contributed by atoms with E-state index in [1.165, 1.54) is 28.8 Å². The third-order valence-electron chi connectivity index (χ3n) is 3.29. The van der Waals surface area contributed by atoms with Gasteiger partial charge in [-0.1, -0.05) is 0 Å². The molecule has 0 aliphatic rings. The molecule has 1 amide bonds. The lowest BCUT2D eigenvalue weighted by Crippen LogP contribution is -2.27. The Kier molecular flexibility index (Phi) is 4.62. The van der Waals surface area contributed by atoms with Crippen LogP contribution in [0.1, 0.15) is 16.1 Å². The van der Waals surface area contributed by atoms with E-state index in [2.05, 4.69) is 9.71 Å². The van der Waals surface area contributed by atoms with Gasteiger partial charge in [0.25, 0.3) is 5.91 Å². The molecule has 0 aromatic carbocycles. The molecule has 22 heavy (non-hydrogen) atoms. The first kappa shape index (κ1) is 16.2. The van der Waals surface area contributed by atoms with Gasteiger partial charge in [-0.15, -0.1) is 0 Å². The SMILES string of the molecule is CNS(=O)(=O)c1cc(C(=O)N(C)Cc2ccncc2)n(C)c1. The van der Waals surface area contributed by atoms with Gasteiger partial charge in [0.15, 0.2) is 0 Å². The van der Waals surface area contributed by atoms with Crippen molar-refractivity contribution in [1.29, 1.82) is 0 Å². The van der Waals surface area contributed by atoms with E-state index in [0.29, 0.717) is 12.2 Å². The van der Waals surface area contributed by atoms with Crippen molar-refractivity contribution in [1.82, 2.24) is 19.2 Å². The molecule has 2 rings (SSSR count). The van der Waals surface area contributed by atoms with Crippen LogP contribution in [-0.4, -0.2) is 42.9 Å². The third kappa shape index (κ3) is 3.34. The van der Waals surface area contributed by atoms with Gasteiger partial charge in [-0.2, -0.15) is 0 Å². The zero-order valence-corrected chi connectivity index (χ0v) is 13.5. The van der Waals surface area contributed by atoms with Crippen LogP contribution in [0.15, 0.2) is 41.7 Å². The predicted molar refractivity (Wildman–Crippen MR) is 81.7 cm³/mol. The molecular weight excluding hydrogens is 304 g/mol. The summed E-state index contributed by atoms with van der Waals surface area (Å²) in [6.45, 7) is 0.417. The number of carbonyl (C=O) groups is 1. The number of carbonyl (C=O) groups excluding carboxylic acids is 1. The number of amides is 1. The number of sulfonamides is 1. The zero-order valence-electron chi connectivity index (χ0n) is 12.6. The van der Waals surface area contributed by atoms with Crippen LogP contribution in [0.5, 0.6) is 0 Å². The molecule has 2 aromatic heterocycles. The van der Waals surface area contributed by atoms with E-state index in [-0.39, 0.29) is 10.8 Å². The molecule has 0 aliphatic heterocycles. The Morgan fingerprint density at radius 2 is 2.00 bits per heavy atom. The summed E-state index contributed by atoms with van der Waals surface area (Å²) in [5.41, 5.74) is 1.26. The van der Waals surface area contributed by atoms with Gasteiger partial charge in [-0.3, -0.25) is 9.78 Å². The molecule has 2 heterocycles. The Balaban J connectivity index is 2.23. The number of hydrogen-bond donors (Lipinski definition) is 1. The fourth-order valence-electron chi connectivity index (χ4n) is 2.04. The van der Waals surface area contributed by atoms with Crippen molar-refractivity contribution < 1.29 is 13.2 Å². The first-order valence-electron chi connectivity index (χ1n) is 6.59. The molecular formula is C14H18N4O3S. The van der Waals surface area contributed by atoms with E-state index in [1.54, 1.807) is 26.5 Å². The van der Waals surface area contributed by atoms with E-state index < -0.39 is 10.0 Å². The Bertz CT molecular complexity index is 769. The topological polar surface area (TPSA) is 84.3 Å². The van der Waals surface area contributed by atoms with Crippen LogP contribution in [0.3, 0.4) is 0 Å². The highest BCUT2D eigenvalue weighted by Crippen LogP contribution is 2.15. The van der Waals surface area contributed by atoms with Crippen LogP contribution in [0.4, 0.5) is 0 Å². The average Bonchev–Trinajstić information content (AvgIpc) is 2.90. The summed E-state index contributed by atoms with van der Waals surface area (Å²) in [6.07, 6.45) is 4.74. The predicted octanol–water partition coefficient (Wildman–Crippen LogP) is 0.600. The molecule has 0 saturated heterocycles. The normalized spacial score (nSPS) is 11.4. The maximum absolute atomic E-state index is 12.5. The molecule has 8 heteroatoms. The molecule has 0 unspecified atom stereocenters. The van der Waals surface area contributed by atoms with Crippen molar-refractivity contribution in [2.24, 2.45) is 7.05 Å². The molecule has 0 fully saturated rings. The second-order valence-electron chi connectivity index (χ2n) is 4.90. The monoisotopic (exact) mass is 322 g/mol. The molecule has 0 radical (unpaired) electrons.